The van der Waals surface area contributed by atoms with E-state index in [9.17, 15) is 29.1 Å². The van der Waals surface area contributed by atoms with Crippen LogP contribution in [0.4, 0.5) is 16.2 Å². The van der Waals surface area contributed by atoms with Crippen LogP contribution in [0.3, 0.4) is 0 Å². The lowest BCUT2D eigenvalue weighted by atomic mass is 9.88. The summed E-state index contributed by atoms with van der Waals surface area (Å²) in [6, 6.07) is 29.7. The van der Waals surface area contributed by atoms with Gasteiger partial charge in [-0.3, -0.25) is 14.4 Å². The van der Waals surface area contributed by atoms with Crippen LogP contribution in [0.1, 0.15) is 121 Å². The Kier molecular flexibility index (Phi) is 21.8. The molecule has 2 fully saturated rings. The molecule has 0 spiro atoms. The second-order valence-electron chi connectivity index (χ2n) is 21.7. The third-order valence-corrected chi connectivity index (χ3v) is 16.8. The number of urea groups is 1. The molecule has 3 aliphatic heterocycles. The predicted molar refractivity (Wildman–Crippen MR) is 333 cm³/mol. The Balaban J connectivity index is 0.816. The normalized spacial score (nSPS) is 15.9. The van der Waals surface area contributed by atoms with E-state index >= 15 is 0 Å². The van der Waals surface area contributed by atoms with Crippen LogP contribution in [0.25, 0.3) is 11.1 Å². The van der Waals surface area contributed by atoms with E-state index in [1.165, 1.54) is 6.07 Å². The molecule has 19 heteroatoms. The topological polar surface area (TPSA) is 221 Å². The van der Waals surface area contributed by atoms with Crippen LogP contribution < -0.4 is 66.8 Å². The molecule has 440 valence electrons. The van der Waals surface area contributed by atoms with Gasteiger partial charge in [-0.2, -0.15) is 11.8 Å². The number of nitrogens with zero attached hydrogens (tertiary/aromatic N) is 1. The first kappa shape index (κ1) is 61.3. The molecule has 2 saturated heterocycles. The molecule has 17 nitrogen and oxygen atoms in total. The van der Waals surface area contributed by atoms with Crippen molar-refractivity contribution in [3.05, 3.63) is 141 Å². The van der Waals surface area contributed by atoms with Crippen LogP contribution in [-0.2, 0) is 9.59 Å². The summed E-state index contributed by atoms with van der Waals surface area (Å²) in [7, 11) is 3.90. The van der Waals surface area contributed by atoms with Gasteiger partial charge in [0.2, 0.25) is 11.8 Å². The Morgan fingerprint density at radius 3 is 2.28 bits per heavy atom. The summed E-state index contributed by atoms with van der Waals surface area (Å²) in [4.78, 5) is 66.8. The number of unbranched alkanes of at least 4 members (excludes halogenated alkanes) is 4. The van der Waals surface area contributed by atoms with E-state index in [4.69, 9.17) is 26.4 Å². The third kappa shape index (κ3) is 16.7. The van der Waals surface area contributed by atoms with Gasteiger partial charge in [0.15, 0.2) is 5.11 Å². The molecule has 4 atom stereocenters. The van der Waals surface area contributed by atoms with Gasteiger partial charge in [0, 0.05) is 96.6 Å². The van der Waals surface area contributed by atoms with E-state index in [0.717, 1.165) is 69.2 Å². The van der Waals surface area contributed by atoms with Crippen molar-refractivity contribution in [1.29, 1.82) is 0 Å². The Labute approximate surface area is 496 Å². The monoisotopic (exact) mass is 1170 g/mol. The Morgan fingerprint density at radius 1 is 0.771 bits per heavy atom. The van der Waals surface area contributed by atoms with Crippen molar-refractivity contribution in [3.8, 4) is 23.0 Å². The molecule has 5 aromatic rings. The lowest BCUT2D eigenvalue weighted by Gasteiger charge is -2.24. The highest BCUT2D eigenvalue weighted by atomic mass is 32.2. The zero-order chi connectivity index (χ0) is 59.0. The molecule has 5 amide bonds. The molecule has 8 rings (SSSR count). The Morgan fingerprint density at radius 2 is 1.51 bits per heavy atom. The number of carbonyl (C=O) groups excluding carboxylic acids is 4. The number of aryl methyl sites for hydroxylation is 2. The van der Waals surface area contributed by atoms with Gasteiger partial charge in [0.25, 0.3) is 5.91 Å². The van der Waals surface area contributed by atoms with E-state index in [0.29, 0.717) is 117 Å². The number of thiocarbonyl (C=S) groups is 1. The molecule has 4 unspecified atom stereocenters. The molecular weight excluding hydrogens is 1090 g/mol. The van der Waals surface area contributed by atoms with Gasteiger partial charge in [-0.15, -0.1) is 0 Å². The van der Waals surface area contributed by atoms with E-state index in [-0.39, 0.29) is 52.1 Å². The minimum atomic E-state index is -1.16. The summed E-state index contributed by atoms with van der Waals surface area (Å²) in [5, 5.41) is 34.5. The van der Waals surface area contributed by atoms with Gasteiger partial charge in [-0.05, 0) is 162 Å². The maximum absolute atomic E-state index is 13.8. The molecule has 3 aliphatic rings. The Bertz CT molecular complexity index is 3310. The summed E-state index contributed by atoms with van der Waals surface area (Å²) in [5.74, 6) is 1.87. The first-order valence-electron chi connectivity index (χ1n) is 28.7. The van der Waals surface area contributed by atoms with E-state index in [2.05, 4.69) is 37.2 Å². The molecule has 0 aliphatic carbocycles. The van der Waals surface area contributed by atoms with Gasteiger partial charge < -0.3 is 61.4 Å². The number of hydrogen-bond acceptors (Lipinski definition) is 11. The number of nitrogens with one attached hydrogen (secondary N) is 7. The number of benzene rings is 5. The van der Waals surface area contributed by atoms with Gasteiger partial charge in [0.05, 0.1) is 17.6 Å². The average molecular weight is 1170 g/mol. The highest BCUT2D eigenvalue weighted by Gasteiger charge is 2.42. The standard InChI is InChI=1S/C64H78N8O9S2/c1-39(2)42-22-27-47-54(35-42)81-55-37-45(72(5)6)25-28-48(55)58(47)46-26-23-43(34-49(46)62(76)77)60(74)66-30-13-7-14-31-67-61(75)50(17-12-15-29-65-57(73)20-11-10-19-56-59-51(38-83-56)69-63(78)71-59)70-64(82)68-44-24-21-41(4)53(36-44)80-33-32-79-52-18-9-8-16-40(52)3/h8-9,16,18,21-28,34-37,50-51,56,59H,7,10-15,17,19-20,29-33,38H2,1-6H3,(H,65,73)(H,66,74)(H,67,75)(H,76,77)(H2,68,70,82)(H2,69,71,78). The lowest BCUT2D eigenvalue weighted by molar-refractivity contribution is -0.123. The molecule has 8 N–H and O–H groups in total. The number of ether oxygens (including phenoxy) is 3. The van der Waals surface area contributed by atoms with Crippen molar-refractivity contribution in [1.82, 2.24) is 31.9 Å². The quantitative estimate of drug-likeness (QED) is 0.0131. The molecule has 0 aromatic heterocycles. The predicted octanol–water partition coefficient (Wildman–Crippen LogP) is 8.45. The fourth-order valence-electron chi connectivity index (χ4n) is 10.4. The summed E-state index contributed by atoms with van der Waals surface area (Å²) >= 11 is 7.64. The number of carboxylic acids is 1. The van der Waals surface area contributed by atoms with Gasteiger partial charge >= 0.3 is 12.0 Å². The lowest BCUT2D eigenvalue weighted by Crippen LogP contribution is -2.48. The first-order valence-corrected chi connectivity index (χ1v) is 30.2. The number of carboxylic acid groups (broad SMARTS) is 1. The fourth-order valence-corrected chi connectivity index (χ4v) is 12.2. The number of rotatable bonds is 28. The average Bonchev–Trinajstić information content (AvgIpc) is 2.23. The van der Waals surface area contributed by atoms with Crippen molar-refractivity contribution in [3.63, 3.8) is 0 Å². The molecule has 83 heavy (non-hydrogen) atoms. The molecule has 3 heterocycles. The van der Waals surface area contributed by atoms with Crippen LogP contribution in [0.2, 0.25) is 0 Å². The molecule has 0 radical (unpaired) electrons. The number of amides is 5. The third-order valence-electron chi connectivity index (χ3n) is 15.1. The first-order chi connectivity index (χ1) is 40.0. The number of aromatic carboxylic acids is 1. The van der Waals surface area contributed by atoms with Crippen molar-refractivity contribution >= 4 is 81.3 Å². The van der Waals surface area contributed by atoms with Crippen LogP contribution in [0, 0.1) is 13.8 Å². The fraction of sp³-hybridized carbons (Fsp3) is 0.406. The summed E-state index contributed by atoms with van der Waals surface area (Å²) in [6.07, 6.45) is 6.82. The van der Waals surface area contributed by atoms with Crippen molar-refractivity contribution in [2.24, 2.45) is 0 Å². The summed E-state index contributed by atoms with van der Waals surface area (Å²) < 4.78 is 18.5. The van der Waals surface area contributed by atoms with Crippen LogP contribution in [0.15, 0.2) is 97.1 Å². The minimum absolute atomic E-state index is 0.00102. The number of carbonyl (C=O) groups is 5. The van der Waals surface area contributed by atoms with Crippen molar-refractivity contribution < 1.29 is 43.3 Å². The number of fused-ring (bicyclic) bond motifs is 3. The highest BCUT2D eigenvalue weighted by molar-refractivity contribution is 8.00. The molecular formula is C64H78N8O9S2. The van der Waals surface area contributed by atoms with Crippen LogP contribution in [-0.4, -0.2) is 116 Å². The molecule has 0 bridgehead atoms. The van der Waals surface area contributed by atoms with Gasteiger partial charge in [-0.25, -0.2) is 9.59 Å². The van der Waals surface area contributed by atoms with E-state index < -0.39 is 12.0 Å². The summed E-state index contributed by atoms with van der Waals surface area (Å²) in [5.41, 5.74) is 6.89. The number of anilines is 2. The van der Waals surface area contributed by atoms with Crippen molar-refractivity contribution in [2.75, 3.05) is 62.9 Å². The van der Waals surface area contributed by atoms with Crippen molar-refractivity contribution in [2.45, 2.75) is 115 Å². The zero-order valence-corrected chi connectivity index (χ0v) is 50.0. The smallest absolute Gasteiger partial charge is 0.336 e. The SMILES string of the molecule is CC(C)=c1ccc2c(c1)Oc1cc(N(C)C)ccc1C=2c1ccc(C(=O)NCCCCCNC(=O)C(CCCCNC(=O)CCCCC2SCC3NC(=O)NC32)NC(=S)Nc2ccc(C)c(OCCOc3ccccc3C)c2)cc1C(=O)O. The largest absolute Gasteiger partial charge is 0.490 e. The second-order valence-corrected chi connectivity index (χ2v) is 23.4. The minimum Gasteiger partial charge on any atom is -0.490 e. The number of para-hydroxylation sites is 1. The van der Waals surface area contributed by atoms with E-state index in [1.54, 1.807) is 12.1 Å². The summed E-state index contributed by atoms with van der Waals surface area (Å²) in [6.45, 7) is 9.95. The van der Waals surface area contributed by atoms with Gasteiger partial charge in [0.1, 0.15) is 42.3 Å². The Hall–Kier alpha value is -7.77. The van der Waals surface area contributed by atoms with Crippen LogP contribution in [0.5, 0.6) is 23.0 Å². The highest BCUT2D eigenvalue weighted by Crippen LogP contribution is 2.39. The maximum atomic E-state index is 13.8. The zero-order valence-electron chi connectivity index (χ0n) is 48.3. The van der Waals surface area contributed by atoms with E-state index in [1.807, 2.05) is 137 Å². The van der Waals surface area contributed by atoms with Gasteiger partial charge in [-0.1, -0.05) is 48.4 Å². The molecule has 5 aromatic carbocycles. The van der Waals surface area contributed by atoms with Crippen LogP contribution >= 0.6 is 24.0 Å². The second kappa shape index (κ2) is 29.5. The number of hydrogen-bond donors (Lipinski definition) is 8. The number of thioether (sulfide) groups is 1. The maximum Gasteiger partial charge on any atom is 0.336 e. The molecule has 0 saturated carbocycles.